The Morgan fingerprint density at radius 1 is 0.895 bits per heavy atom. The normalized spacial score (nSPS) is 12.5. The monoisotopic (exact) mass is 255 g/mol. The molecular weight excluding hydrogens is 234 g/mol. The maximum absolute atomic E-state index is 6.41. The summed E-state index contributed by atoms with van der Waals surface area (Å²) in [6.45, 7) is 6.13. The highest BCUT2D eigenvalue weighted by Crippen LogP contribution is 2.30. The molecule has 2 N–H and O–H groups in total. The lowest BCUT2D eigenvalue weighted by molar-refractivity contribution is 0.239. The second-order valence-corrected chi connectivity index (χ2v) is 5.04. The van der Waals surface area contributed by atoms with Gasteiger partial charge in [-0.05, 0) is 38.0 Å². The molecule has 0 radical (unpaired) electrons. The lowest BCUT2D eigenvalue weighted by atomic mass is 9.95. The van der Waals surface area contributed by atoms with Crippen LogP contribution in [0.2, 0.25) is 0 Å². The average molecular weight is 255 g/mol. The number of para-hydroxylation sites is 1. The number of benzene rings is 2. The largest absolute Gasteiger partial charge is 0.491 e. The molecule has 0 amide bonds. The van der Waals surface area contributed by atoms with Crippen LogP contribution in [0.5, 0.6) is 5.75 Å². The van der Waals surface area contributed by atoms with E-state index in [1.54, 1.807) is 0 Å². The summed E-state index contributed by atoms with van der Waals surface area (Å²) in [6, 6.07) is 16.1. The van der Waals surface area contributed by atoms with Crippen LogP contribution in [-0.4, -0.2) is 6.10 Å². The van der Waals surface area contributed by atoms with E-state index in [4.69, 9.17) is 10.5 Å². The number of ether oxygens (including phenoxy) is 1. The third-order valence-corrected chi connectivity index (χ3v) is 3.14. The second kappa shape index (κ2) is 5.89. The van der Waals surface area contributed by atoms with E-state index in [-0.39, 0.29) is 12.1 Å². The summed E-state index contributed by atoms with van der Waals surface area (Å²) in [5.74, 6) is 0.869. The van der Waals surface area contributed by atoms with Crippen molar-refractivity contribution in [3.63, 3.8) is 0 Å². The fourth-order valence-electron chi connectivity index (χ4n) is 2.20. The lowest BCUT2D eigenvalue weighted by Crippen LogP contribution is -2.16. The van der Waals surface area contributed by atoms with Gasteiger partial charge in [-0.3, -0.25) is 0 Å². The molecule has 2 aromatic carbocycles. The number of aryl methyl sites for hydroxylation is 1. The topological polar surface area (TPSA) is 35.2 Å². The van der Waals surface area contributed by atoms with E-state index in [1.165, 1.54) is 5.56 Å². The molecule has 0 heterocycles. The summed E-state index contributed by atoms with van der Waals surface area (Å²) in [7, 11) is 0. The summed E-state index contributed by atoms with van der Waals surface area (Å²) in [4.78, 5) is 0. The van der Waals surface area contributed by atoms with Crippen LogP contribution in [-0.2, 0) is 0 Å². The van der Waals surface area contributed by atoms with Crippen LogP contribution in [0.4, 0.5) is 0 Å². The predicted molar refractivity (Wildman–Crippen MR) is 79.4 cm³/mol. The average Bonchev–Trinajstić information content (AvgIpc) is 2.38. The molecule has 0 aliphatic rings. The van der Waals surface area contributed by atoms with E-state index >= 15 is 0 Å². The van der Waals surface area contributed by atoms with E-state index in [0.29, 0.717) is 0 Å². The van der Waals surface area contributed by atoms with Crippen LogP contribution in [0.15, 0.2) is 48.5 Å². The first-order chi connectivity index (χ1) is 9.09. The third-order valence-electron chi connectivity index (χ3n) is 3.14. The van der Waals surface area contributed by atoms with Crippen molar-refractivity contribution in [3.05, 3.63) is 65.2 Å². The molecule has 2 aromatic rings. The van der Waals surface area contributed by atoms with Crippen molar-refractivity contribution in [2.75, 3.05) is 0 Å². The van der Waals surface area contributed by atoms with Crippen molar-refractivity contribution in [2.24, 2.45) is 5.73 Å². The molecule has 0 saturated carbocycles. The van der Waals surface area contributed by atoms with Gasteiger partial charge in [-0.25, -0.2) is 0 Å². The highest BCUT2D eigenvalue weighted by molar-refractivity contribution is 5.43. The Hall–Kier alpha value is -1.80. The van der Waals surface area contributed by atoms with E-state index in [2.05, 4.69) is 19.1 Å². The summed E-state index contributed by atoms with van der Waals surface area (Å²) >= 11 is 0. The van der Waals surface area contributed by atoms with Gasteiger partial charge in [-0.1, -0.05) is 42.5 Å². The van der Waals surface area contributed by atoms with Crippen LogP contribution in [0.25, 0.3) is 0 Å². The maximum atomic E-state index is 6.41. The van der Waals surface area contributed by atoms with Crippen molar-refractivity contribution in [3.8, 4) is 5.75 Å². The molecule has 1 atom stereocenters. The summed E-state index contributed by atoms with van der Waals surface area (Å²) < 4.78 is 5.85. The fraction of sp³-hybridized carbons (Fsp3) is 0.294. The van der Waals surface area contributed by atoms with Crippen molar-refractivity contribution >= 4 is 0 Å². The Bertz CT molecular complexity index is 548. The van der Waals surface area contributed by atoms with Gasteiger partial charge in [-0.15, -0.1) is 0 Å². The van der Waals surface area contributed by atoms with Crippen LogP contribution >= 0.6 is 0 Å². The van der Waals surface area contributed by atoms with Crippen molar-refractivity contribution in [1.29, 1.82) is 0 Å². The first-order valence-corrected chi connectivity index (χ1v) is 6.66. The zero-order valence-electron chi connectivity index (χ0n) is 11.8. The number of hydrogen-bond donors (Lipinski definition) is 1. The highest BCUT2D eigenvalue weighted by Gasteiger charge is 2.15. The fourth-order valence-corrected chi connectivity index (χ4v) is 2.20. The molecule has 0 aliphatic carbocycles. The molecular formula is C17H21NO. The van der Waals surface area contributed by atoms with Crippen LogP contribution < -0.4 is 10.5 Å². The van der Waals surface area contributed by atoms with E-state index < -0.39 is 0 Å². The lowest BCUT2D eigenvalue weighted by Gasteiger charge is -2.20. The van der Waals surface area contributed by atoms with Gasteiger partial charge in [0.2, 0.25) is 0 Å². The van der Waals surface area contributed by atoms with Gasteiger partial charge < -0.3 is 10.5 Å². The Morgan fingerprint density at radius 2 is 1.47 bits per heavy atom. The molecule has 0 saturated heterocycles. The molecule has 1 unspecified atom stereocenters. The predicted octanol–water partition coefficient (Wildman–Crippen LogP) is 3.83. The zero-order chi connectivity index (χ0) is 13.8. The third kappa shape index (κ3) is 3.15. The van der Waals surface area contributed by atoms with Crippen molar-refractivity contribution in [1.82, 2.24) is 0 Å². The van der Waals surface area contributed by atoms with Crippen LogP contribution in [0.3, 0.4) is 0 Å². The van der Waals surface area contributed by atoms with Gasteiger partial charge in [0.25, 0.3) is 0 Å². The smallest absolute Gasteiger partial charge is 0.124 e. The minimum Gasteiger partial charge on any atom is -0.491 e. The summed E-state index contributed by atoms with van der Waals surface area (Å²) in [5.41, 5.74) is 9.79. The Kier molecular flexibility index (Phi) is 4.23. The molecule has 19 heavy (non-hydrogen) atoms. The zero-order valence-corrected chi connectivity index (χ0v) is 11.8. The summed E-state index contributed by atoms with van der Waals surface area (Å²) in [6.07, 6.45) is 0.144. The van der Waals surface area contributed by atoms with E-state index in [9.17, 15) is 0 Å². The molecule has 2 rings (SSSR count). The summed E-state index contributed by atoms with van der Waals surface area (Å²) in [5, 5.41) is 0. The Labute approximate surface area is 115 Å². The van der Waals surface area contributed by atoms with Crippen molar-refractivity contribution < 1.29 is 4.74 Å². The molecule has 0 aliphatic heterocycles. The quantitative estimate of drug-likeness (QED) is 0.901. The number of hydrogen-bond acceptors (Lipinski definition) is 2. The van der Waals surface area contributed by atoms with Gasteiger partial charge in [0.1, 0.15) is 5.75 Å². The maximum Gasteiger partial charge on any atom is 0.124 e. The van der Waals surface area contributed by atoms with Gasteiger partial charge in [-0.2, -0.15) is 0 Å². The molecule has 2 heteroatoms. The first kappa shape index (κ1) is 13.6. The van der Waals surface area contributed by atoms with Gasteiger partial charge >= 0.3 is 0 Å². The first-order valence-electron chi connectivity index (χ1n) is 6.66. The van der Waals surface area contributed by atoms with E-state index in [0.717, 1.165) is 16.9 Å². The molecule has 100 valence electrons. The van der Waals surface area contributed by atoms with Crippen LogP contribution in [0.1, 0.15) is 36.6 Å². The molecule has 0 bridgehead atoms. The minimum atomic E-state index is -0.156. The van der Waals surface area contributed by atoms with Gasteiger partial charge in [0, 0.05) is 5.56 Å². The SMILES string of the molecule is Cc1ccccc1C(N)c1ccccc1OC(C)C. The minimum absolute atomic E-state index is 0.144. The highest BCUT2D eigenvalue weighted by atomic mass is 16.5. The number of rotatable bonds is 4. The van der Waals surface area contributed by atoms with Gasteiger partial charge in [0.15, 0.2) is 0 Å². The number of nitrogens with two attached hydrogens (primary N) is 1. The standard InChI is InChI=1S/C17H21NO/c1-12(2)19-16-11-7-6-10-15(16)17(18)14-9-5-4-8-13(14)3/h4-12,17H,18H2,1-3H3. The molecule has 0 spiro atoms. The van der Waals surface area contributed by atoms with Crippen LogP contribution in [0, 0.1) is 6.92 Å². The van der Waals surface area contributed by atoms with E-state index in [1.807, 2.05) is 50.2 Å². The Balaban J connectivity index is 2.39. The van der Waals surface area contributed by atoms with Gasteiger partial charge in [0.05, 0.1) is 12.1 Å². The molecule has 0 fully saturated rings. The molecule has 0 aromatic heterocycles. The van der Waals surface area contributed by atoms with Crippen molar-refractivity contribution in [2.45, 2.75) is 32.9 Å². The second-order valence-electron chi connectivity index (χ2n) is 5.04. The Morgan fingerprint density at radius 3 is 2.11 bits per heavy atom. The molecule has 2 nitrogen and oxygen atoms in total.